The van der Waals surface area contributed by atoms with E-state index in [1.807, 2.05) is 6.92 Å². The highest BCUT2D eigenvalue weighted by Crippen LogP contribution is 2.10. The monoisotopic (exact) mass is 316 g/mol. The minimum Gasteiger partial charge on any atom is -0.480 e. The first-order chi connectivity index (χ1) is 9.89. The van der Waals surface area contributed by atoms with Crippen LogP contribution in [0.15, 0.2) is 0 Å². The number of ether oxygens (including phenoxy) is 1. The van der Waals surface area contributed by atoms with Crippen molar-refractivity contribution in [1.82, 2.24) is 10.6 Å². The number of carboxylic acid groups (broad SMARTS) is 1. The first kappa shape index (κ1) is 20.2. The van der Waals surface area contributed by atoms with E-state index in [9.17, 15) is 14.4 Å². The van der Waals surface area contributed by atoms with Crippen LogP contribution >= 0.6 is 0 Å². The third kappa shape index (κ3) is 7.85. The minimum absolute atomic E-state index is 0.347. The highest BCUT2D eigenvalue weighted by Gasteiger charge is 2.34. The van der Waals surface area contributed by atoms with Gasteiger partial charge < -0.3 is 20.5 Å². The van der Waals surface area contributed by atoms with Gasteiger partial charge in [0, 0.05) is 0 Å². The zero-order chi connectivity index (χ0) is 17.6. The lowest BCUT2D eigenvalue weighted by Gasteiger charge is -2.28. The van der Waals surface area contributed by atoms with E-state index in [4.69, 9.17) is 9.84 Å². The quantitative estimate of drug-likeness (QED) is 0.666. The zero-order valence-corrected chi connectivity index (χ0v) is 14.3. The molecule has 0 aromatic carbocycles. The third-order valence-corrected chi connectivity index (χ3v) is 2.83. The van der Waals surface area contributed by atoms with Gasteiger partial charge in [0.1, 0.15) is 17.2 Å². The van der Waals surface area contributed by atoms with Gasteiger partial charge in [-0.15, -0.1) is 0 Å². The van der Waals surface area contributed by atoms with E-state index < -0.39 is 35.2 Å². The fraction of sp³-hybridized carbons (Fsp3) is 0.800. The van der Waals surface area contributed by atoms with Crippen LogP contribution in [0.1, 0.15) is 60.8 Å². The van der Waals surface area contributed by atoms with Crippen LogP contribution in [0.4, 0.5) is 4.79 Å². The Hall–Kier alpha value is -1.79. The third-order valence-electron chi connectivity index (χ3n) is 2.83. The number of carbonyl (C=O) groups is 3. The largest absolute Gasteiger partial charge is 0.480 e. The molecule has 128 valence electrons. The summed E-state index contributed by atoms with van der Waals surface area (Å²) in [7, 11) is 0. The Morgan fingerprint density at radius 3 is 2.09 bits per heavy atom. The van der Waals surface area contributed by atoms with Gasteiger partial charge in [0.2, 0.25) is 5.91 Å². The number of carbonyl (C=O) groups excluding carboxylic acids is 2. The highest BCUT2D eigenvalue weighted by atomic mass is 16.6. The number of nitrogens with one attached hydrogen (secondary N) is 2. The maximum atomic E-state index is 12.2. The Morgan fingerprint density at radius 2 is 1.68 bits per heavy atom. The van der Waals surface area contributed by atoms with E-state index in [-0.39, 0.29) is 0 Å². The lowest BCUT2D eigenvalue weighted by atomic mass is 10.0. The van der Waals surface area contributed by atoms with Crippen molar-refractivity contribution < 1.29 is 24.2 Å². The number of carboxylic acids is 1. The van der Waals surface area contributed by atoms with Gasteiger partial charge in [-0.1, -0.05) is 19.8 Å². The molecular formula is C15H28N2O5. The van der Waals surface area contributed by atoms with Crippen molar-refractivity contribution in [3.8, 4) is 0 Å². The van der Waals surface area contributed by atoms with Gasteiger partial charge >= 0.3 is 12.1 Å². The van der Waals surface area contributed by atoms with Gasteiger partial charge in [0.05, 0.1) is 0 Å². The van der Waals surface area contributed by atoms with Gasteiger partial charge in [-0.3, -0.25) is 4.79 Å². The molecule has 0 saturated carbocycles. The van der Waals surface area contributed by atoms with Crippen LogP contribution < -0.4 is 10.6 Å². The predicted molar refractivity (Wildman–Crippen MR) is 82.5 cm³/mol. The van der Waals surface area contributed by atoms with Crippen LogP contribution in [0.2, 0.25) is 0 Å². The molecule has 0 bridgehead atoms. The fourth-order valence-electron chi connectivity index (χ4n) is 1.62. The smallest absolute Gasteiger partial charge is 0.408 e. The molecule has 1 atom stereocenters. The van der Waals surface area contributed by atoms with E-state index in [0.717, 1.165) is 6.42 Å². The summed E-state index contributed by atoms with van der Waals surface area (Å²) in [6.45, 7) is 10.1. The number of rotatable bonds is 7. The van der Waals surface area contributed by atoms with Crippen molar-refractivity contribution >= 4 is 18.0 Å². The molecule has 7 nitrogen and oxygen atoms in total. The van der Waals surface area contributed by atoms with Crippen LogP contribution in [0.25, 0.3) is 0 Å². The molecule has 0 fully saturated rings. The molecule has 0 aromatic rings. The normalized spacial score (nSPS) is 13.2. The van der Waals surface area contributed by atoms with Crippen LogP contribution in [0, 0.1) is 0 Å². The maximum absolute atomic E-state index is 12.2. The number of hydrogen-bond donors (Lipinski definition) is 3. The molecule has 22 heavy (non-hydrogen) atoms. The Kier molecular flexibility index (Phi) is 7.35. The van der Waals surface area contributed by atoms with Crippen LogP contribution in [-0.2, 0) is 14.3 Å². The average Bonchev–Trinajstić information content (AvgIpc) is 2.30. The van der Waals surface area contributed by atoms with E-state index in [2.05, 4.69) is 10.6 Å². The average molecular weight is 316 g/mol. The SMILES string of the molecule is CCCCC(NC(=O)C(C)(C)NC(=O)OC(C)(C)C)C(=O)O. The van der Waals surface area contributed by atoms with Crippen LogP contribution in [0.3, 0.4) is 0 Å². The summed E-state index contributed by atoms with van der Waals surface area (Å²) in [4.78, 5) is 35.1. The zero-order valence-electron chi connectivity index (χ0n) is 14.3. The lowest BCUT2D eigenvalue weighted by molar-refractivity contribution is -0.142. The summed E-state index contributed by atoms with van der Waals surface area (Å²) in [5.74, 6) is -1.66. The van der Waals surface area contributed by atoms with E-state index in [0.29, 0.717) is 12.8 Å². The Bertz CT molecular complexity index is 413. The van der Waals surface area contributed by atoms with Crippen molar-refractivity contribution in [3.63, 3.8) is 0 Å². The van der Waals surface area contributed by atoms with Crippen molar-refractivity contribution in [3.05, 3.63) is 0 Å². The molecule has 0 radical (unpaired) electrons. The topological polar surface area (TPSA) is 105 Å². The van der Waals surface area contributed by atoms with E-state index in [1.54, 1.807) is 20.8 Å². The van der Waals surface area contributed by atoms with Crippen LogP contribution in [0.5, 0.6) is 0 Å². The van der Waals surface area contributed by atoms with Gasteiger partial charge in [-0.2, -0.15) is 0 Å². The first-order valence-corrected chi connectivity index (χ1v) is 7.44. The van der Waals surface area contributed by atoms with Crippen molar-refractivity contribution in [2.45, 2.75) is 78.0 Å². The number of aliphatic carboxylic acids is 1. The molecule has 7 heteroatoms. The number of hydrogen-bond acceptors (Lipinski definition) is 4. The Balaban J connectivity index is 4.72. The highest BCUT2D eigenvalue weighted by molar-refractivity contribution is 5.92. The summed E-state index contributed by atoms with van der Waals surface area (Å²) in [5.41, 5.74) is -1.95. The molecule has 1 unspecified atom stereocenters. The van der Waals surface area contributed by atoms with Gasteiger partial charge in [-0.25, -0.2) is 9.59 Å². The number of unbranched alkanes of at least 4 members (excludes halogenated alkanes) is 1. The second-order valence-corrected chi connectivity index (χ2v) is 6.76. The Labute approximate surface area is 131 Å². The second kappa shape index (κ2) is 8.00. The van der Waals surface area contributed by atoms with Crippen molar-refractivity contribution in [2.75, 3.05) is 0 Å². The van der Waals surface area contributed by atoms with Gasteiger partial charge in [0.25, 0.3) is 0 Å². The summed E-state index contributed by atoms with van der Waals surface area (Å²) < 4.78 is 5.09. The first-order valence-electron chi connectivity index (χ1n) is 7.44. The molecule has 0 heterocycles. The summed E-state index contributed by atoms with van der Waals surface area (Å²) >= 11 is 0. The summed E-state index contributed by atoms with van der Waals surface area (Å²) in [5, 5.41) is 14.0. The van der Waals surface area contributed by atoms with Gasteiger partial charge in [0.15, 0.2) is 0 Å². The number of amides is 2. The van der Waals surface area contributed by atoms with Crippen molar-refractivity contribution in [1.29, 1.82) is 0 Å². The maximum Gasteiger partial charge on any atom is 0.408 e. The fourth-order valence-corrected chi connectivity index (χ4v) is 1.62. The summed E-state index contributed by atoms with van der Waals surface area (Å²) in [6, 6.07) is -0.966. The molecule has 0 aliphatic heterocycles. The predicted octanol–water partition coefficient (Wildman–Crippen LogP) is 2.05. The molecule has 0 aliphatic rings. The minimum atomic E-state index is -1.28. The molecule has 0 spiro atoms. The van der Waals surface area contributed by atoms with Crippen molar-refractivity contribution in [2.24, 2.45) is 0 Å². The van der Waals surface area contributed by atoms with E-state index >= 15 is 0 Å². The lowest BCUT2D eigenvalue weighted by Crippen LogP contribution is -2.58. The molecule has 3 N–H and O–H groups in total. The molecule has 0 aromatic heterocycles. The van der Waals surface area contributed by atoms with Crippen LogP contribution in [-0.4, -0.2) is 40.3 Å². The number of alkyl carbamates (subject to hydrolysis) is 1. The van der Waals surface area contributed by atoms with E-state index in [1.165, 1.54) is 13.8 Å². The second-order valence-electron chi connectivity index (χ2n) is 6.76. The molecule has 0 rings (SSSR count). The van der Waals surface area contributed by atoms with Gasteiger partial charge in [-0.05, 0) is 41.0 Å². The summed E-state index contributed by atoms with van der Waals surface area (Å²) in [6.07, 6.45) is 1.14. The molecule has 0 aliphatic carbocycles. The molecular weight excluding hydrogens is 288 g/mol. The molecule has 2 amide bonds. The Morgan fingerprint density at radius 1 is 1.14 bits per heavy atom. The molecule has 0 saturated heterocycles. The standard InChI is InChI=1S/C15H28N2O5/c1-7-8-9-10(11(18)19)16-12(20)15(5,6)17-13(21)22-14(2,3)4/h10H,7-9H2,1-6H3,(H,16,20)(H,17,21)(H,18,19).